The predicted octanol–water partition coefficient (Wildman–Crippen LogP) is 3.22. The lowest BCUT2D eigenvalue weighted by molar-refractivity contribution is -0.384. The van der Waals surface area contributed by atoms with Crippen molar-refractivity contribution < 1.29 is 26.9 Å². The lowest BCUT2D eigenvalue weighted by atomic mass is 10.3. The second-order valence-electron chi connectivity index (χ2n) is 5.65. The van der Waals surface area contributed by atoms with Crippen molar-refractivity contribution in [3.8, 4) is 5.75 Å². The Balaban J connectivity index is 1.55. The third-order valence-electron chi connectivity index (χ3n) is 3.60. The zero-order valence-electron chi connectivity index (χ0n) is 14.7. The van der Waals surface area contributed by atoms with Gasteiger partial charge in [0, 0.05) is 12.1 Å². The third-order valence-corrected chi connectivity index (χ3v) is 4.84. The molecule has 1 aromatic heterocycles. The molecule has 0 radical (unpaired) electrons. The number of hydrogen-bond donors (Lipinski definition) is 1. The Hall–Kier alpha value is -3.73. The van der Waals surface area contributed by atoms with Crippen LogP contribution in [0.15, 0.2) is 75.1 Å². The molecule has 0 aliphatic heterocycles. The van der Waals surface area contributed by atoms with E-state index >= 15 is 0 Å². The van der Waals surface area contributed by atoms with Gasteiger partial charge in [-0.3, -0.25) is 10.1 Å². The monoisotopic (exact) mass is 419 g/mol. The van der Waals surface area contributed by atoms with Crippen LogP contribution < -0.4 is 9.57 Å². The number of non-ortho nitro benzene ring substituents is 1. The fourth-order valence-electron chi connectivity index (χ4n) is 2.19. The van der Waals surface area contributed by atoms with Crippen LogP contribution in [0.2, 0.25) is 0 Å². The number of benzene rings is 2. The highest BCUT2D eigenvalue weighted by Crippen LogP contribution is 2.19. The van der Waals surface area contributed by atoms with Crippen LogP contribution in [0.4, 0.5) is 10.1 Å². The SMILES string of the molecule is O=[N+]([O-])c1ccc(OCc2ccc(C=NNS(=O)(=O)c3ccc(F)cc3)o2)cc1. The minimum Gasteiger partial charge on any atom is -0.486 e. The summed E-state index contributed by atoms with van der Waals surface area (Å²) in [7, 11) is -3.93. The third kappa shape index (κ3) is 5.39. The van der Waals surface area contributed by atoms with Gasteiger partial charge in [0.2, 0.25) is 0 Å². The number of nitro benzene ring substituents is 1. The molecule has 0 saturated carbocycles. The van der Waals surface area contributed by atoms with Crippen molar-refractivity contribution in [1.29, 1.82) is 0 Å². The highest BCUT2D eigenvalue weighted by Gasteiger charge is 2.12. The number of nitrogens with one attached hydrogen (secondary N) is 1. The zero-order chi connectivity index (χ0) is 20.9. The van der Waals surface area contributed by atoms with Crippen LogP contribution in [0.1, 0.15) is 11.5 Å². The fraction of sp³-hybridized carbons (Fsp3) is 0.0556. The average Bonchev–Trinajstić information content (AvgIpc) is 3.14. The molecule has 1 N–H and O–H groups in total. The van der Waals surface area contributed by atoms with E-state index in [0.29, 0.717) is 11.5 Å². The number of sulfonamides is 1. The lowest BCUT2D eigenvalue weighted by Crippen LogP contribution is -2.18. The van der Waals surface area contributed by atoms with E-state index in [4.69, 9.17) is 9.15 Å². The van der Waals surface area contributed by atoms with Gasteiger partial charge in [-0.15, -0.1) is 0 Å². The summed E-state index contributed by atoms with van der Waals surface area (Å²) in [5.74, 6) is 0.584. The van der Waals surface area contributed by atoms with Crippen molar-refractivity contribution >= 4 is 21.9 Å². The second-order valence-corrected chi connectivity index (χ2v) is 7.31. The first-order valence-electron chi connectivity index (χ1n) is 8.10. The van der Waals surface area contributed by atoms with Gasteiger partial charge in [0.25, 0.3) is 15.7 Å². The summed E-state index contributed by atoms with van der Waals surface area (Å²) < 4.78 is 47.8. The molecule has 0 aliphatic rings. The molecule has 0 atom stereocenters. The van der Waals surface area contributed by atoms with Crippen molar-refractivity contribution in [1.82, 2.24) is 4.83 Å². The molecule has 3 rings (SSSR count). The molecule has 0 amide bonds. The maximum absolute atomic E-state index is 12.9. The number of furan rings is 1. The van der Waals surface area contributed by atoms with Crippen LogP contribution in [0, 0.1) is 15.9 Å². The number of hydrazone groups is 1. The van der Waals surface area contributed by atoms with E-state index in [9.17, 15) is 22.9 Å². The minimum atomic E-state index is -3.93. The van der Waals surface area contributed by atoms with E-state index in [0.717, 1.165) is 30.5 Å². The summed E-state index contributed by atoms with van der Waals surface area (Å²) in [6, 6.07) is 13.0. The van der Waals surface area contributed by atoms with E-state index in [1.807, 2.05) is 4.83 Å². The molecule has 3 aromatic rings. The first-order chi connectivity index (χ1) is 13.8. The molecular weight excluding hydrogens is 405 g/mol. The molecule has 2 aromatic carbocycles. The molecule has 9 nitrogen and oxygen atoms in total. The van der Waals surface area contributed by atoms with Gasteiger partial charge in [-0.05, 0) is 48.5 Å². The summed E-state index contributed by atoms with van der Waals surface area (Å²) >= 11 is 0. The predicted molar refractivity (Wildman–Crippen MR) is 100 cm³/mol. The van der Waals surface area contributed by atoms with Gasteiger partial charge in [-0.25, -0.2) is 4.39 Å². The standard InChI is InChI=1S/C18H14FN3O6S/c19-13-1-9-18(10-2-13)29(25,26)21-20-11-16-7-8-17(28-16)12-27-15-5-3-14(4-6-15)22(23)24/h1-11,21H,12H2. The Morgan fingerprint density at radius 3 is 2.45 bits per heavy atom. The highest BCUT2D eigenvalue weighted by molar-refractivity contribution is 7.89. The van der Waals surface area contributed by atoms with E-state index in [-0.39, 0.29) is 22.9 Å². The summed E-state index contributed by atoms with van der Waals surface area (Å²) in [4.78, 5) is 12.0. The van der Waals surface area contributed by atoms with Gasteiger partial charge in [0.1, 0.15) is 29.7 Å². The second kappa shape index (κ2) is 8.52. The Morgan fingerprint density at radius 1 is 1.10 bits per heavy atom. The fourth-order valence-corrected chi connectivity index (χ4v) is 2.98. The number of ether oxygens (including phenoxy) is 1. The summed E-state index contributed by atoms with van der Waals surface area (Å²) in [6.45, 7) is 0.0625. The van der Waals surface area contributed by atoms with Crippen molar-refractivity contribution in [2.24, 2.45) is 5.10 Å². The summed E-state index contributed by atoms with van der Waals surface area (Å²) in [5, 5.41) is 14.2. The molecule has 1 heterocycles. The maximum atomic E-state index is 12.9. The van der Waals surface area contributed by atoms with E-state index in [2.05, 4.69) is 5.10 Å². The maximum Gasteiger partial charge on any atom is 0.276 e. The Bertz CT molecular complexity index is 1130. The van der Waals surface area contributed by atoms with E-state index in [1.54, 1.807) is 12.1 Å². The molecule has 11 heteroatoms. The van der Waals surface area contributed by atoms with Gasteiger partial charge in [-0.1, -0.05) is 0 Å². The lowest BCUT2D eigenvalue weighted by Gasteiger charge is -2.03. The largest absolute Gasteiger partial charge is 0.486 e. The number of halogens is 1. The molecule has 29 heavy (non-hydrogen) atoms. The van der Waals surface area contributed by atoms with Crippen molar-refractivity contribution in [3.63, 3.8) is 0 Å². The highest BCUT2D eigenvalue weighted by atomic mass is 32.2. The smallest absolute Gasteiger partial charge is 0.276 e. The first-order valence-corrected chi connectivity index (χ1v) is 9.58. The minimum absolute atomic E-state index is 0.0445. The topological polar surface area (TPSA) is 124 Å². The van der Waals surface area contributed by atoms with Crippen LogP contribution >= 0.6 is 0 Å². The summed E-state index contributed by atoms with van der Waals surface area (Å²) in [5.41, 5.74) is -0.0445. The number of hydrogen-bond acceptors (Lipinski definition) is 7. The molecule has 0 saturated heterocycles. The van der Waals surface area contributed by atoms with Crippen molar-refractivity contribution in [2.75, 3.05) is 0 Å². The average molecular weight is 419 g/mol. The normalized spacial score (nSPS) is 11.5. The van der Waals surface area contributed by atoms with E-state index < -0.39 is 20.8 Å². The summed E-state index contributed by atoms with van der Waals surface area (Å²) in [6.07, 6.45) is 1.16. The van der Waals surface area contributed by atoms with Gasteiger partial charge < -0.3 is 9.15 Å². The molecule has 0 aliphatic carbocycles. The number of nitro groups is 1. The van der Waals surface area contributed by atoms with Gasteiger partial charge in [0.05, 0.1) is 16.0 Å². The Kier molecular flexibility index (Phi) is 5.88. The van der Waals surface area contributed by atoms with Gasteiger partial charge >= 0.3 is 0 Å². The van der Waals surface area contributed by atoms with Crippen LogP contribution in [0.5, 0.6) is 5.75 Å². The molecule has 150 valence electrons. The quantitative estimate of drug-likeness (QED) is 0.340. The van der Waals surface area contributed by atoms with Crippen LogP contribution in [0.25, 0.3) is 0 Å². The Labute approximate surface area is 164 Å². The molecular formula is C18H14FN3O6S. The van der Waals surface area contributed by atoms with Crippen molar-refractivity contribution in [3.05, 3.63) is 88.1 Å². The molecule has 0 unspecified atom stereocenters. The van der Waals surface area contributed by atoms with Crippen LogP contribution in [-0.4, -0.2) is 19.6 Å². The van der Waals surface area contributed by atoms with Gasteiger partial charge in [-0.2, -0.15) is 18.4 Å². The van der Waals surface area contributed by atoms with Gasteiger partial charge in [0.15, 0.2) is 0 Å². The molecule has 0 spiro atoms. The van der Waals surface area contributed by atoms with Crippen LogP contribution in [-0.2, 0) is 16.6 Å². The number of rotatable bonds is 8. The van der Waals surface area contributed by atoms with E-state index in [1.165, 1.54) is 24.3 Å². The van der Waals surface area contributed by atoms with Crippen LogP contribution in [0.3, 0.4) is 0 Å². The number of nitrogens with zero attached hydrogens (tertiary/aromatic N) is 2. The molecule has 0 bridgehead atoms. The van der Waals surface area contributed by atoms with Crippen molar-refractivity contribution in [2.45, 2.75) is 11.5 Å². The molecule has 0 fully saturated rings. The first kappa shape index (κ1) is 20.0. The zero-order valence-corrected chi connectivity index (χ0v) is 15.5. The Morgan fingerprint density at radius 2 is 1.79 bits per heavy atom.